The number of anilines is 1. The number of carbonyl (C=O) groups excluding carboxylic acids is 1. The molecular formula is C18H27ClN4O. The van der Waals surface area contributed by atoms with Gasteiger partial charge < -0.3 is 11.1 Å². The molecular weight excluding hydrogens is 324 g/mol. The summed E-state index contributed by atoms with van der Waals surface area (Å²) in [7, 11) is 0. The molecule has 0 unspecified atom stereocenters. The van der Waals surface area contributed by atoms with E-state index in [0.717, 1.165) is 35.6 Å². The number of aryl methyl sites for hydroxylation is 2. The highest BCUT2D eigenvalue weighted by molar-refractivity contribution is 5.95. The first-order valence-corrected chi connectivity index (χ1v) is 8.11. The third-order valence-corrected chi connectivity index (χ3v) is 4.58. The highest BCUT2D eigenvalue weighted by Crippen LogP contribution is 2.27. The lowest BCUT2D eigenvalue weighted by atomic mass is 9.81. The minimum absolute atomic E-state index is 0. The SMILES string of the molecule is CCC(CC)(CN)C(=O)Nc1cccc(-n2nc(C)cc2C)c1.Cl. The summed E-state index contributed by atoms with van der Waals surface area (Å²) in [6.45, 7) is 8.33. The summed E-state index contributed by atoms with van der Waals surface area (Å²) >= 11 is 0. The first-order chi connectivity index (χ1) is 11.0. The molecule has 0 saturated heterocycles. The van der Waals surface area contributed by atoms with Crippen molar-refractivity contribution in [3.05, 3.63) is 41.7 Å². The number of nitrogens with one attached hydrogen (secondary N) is 1. The van der Waals surface area contributed by atoms with Crippen molar-refractivity contribution in [1.82, 2.24) is 9.78 Å². The van der Waals surface area contributed by atoms with E-state index in [1.54, 1.807) is 0 Å². The normalized spacial score (nSPS) is 11.0. The van der Waals surface area contributed by atoms with Gasteiger partial charge in [-0.1, -0.05) is 19.9 Å². The Morgan fingerprint density at radius 1 is 1.25 bits per heavy atom. The number of amides is 1. The lowest BCUT2D eigenvalue weighted by molar-refractivity contribution is -0.125. The van der Waals surface area contributed by atoms with Crippen LogP contribution in [0.4, 0.5) is 5.69 Å². The Morgan fingerprint density at radius 2 is 1.92 bits per heavy atom. The van der Waals surface area contributed by atoms with E-state index in [9.17, 15) is 4.79 Å². The maximum absolute atomic E-state index is 12.6. The molecule has 24 heavy (non-hydrogen) atoms. The average molecular weight is 351 g/mol. The average Bonchev–Trinajstić information content (AvgIpc) is 2.88. The second-order valence-corrected chi connectivity index (χ2v) is 6.03. The second kappa shape index (κ2) is 8.31. The molecule has 1 aromatic carbocycles. The van der Waals surface area contributed by atoms with Crippen LogP contribution in [0.1, 0.15) is 38.1 Å². The fourth-order valence-corrected chi connectivity index (χ4v) is 2.82. The Bertz CT molecular complexity index is 684. The van der Waals surface area contributed by atoms with E-state index in [1.807, 2.05) is 62.7 Å². The standard InChI is InChI=1S/C18H26N4O.ClH/c1-5-18(6-2,12-19)17(23)20-15-8-7-9-16(11-15)22-14(4)10-13(3)21-22;/h7-11H,5-6,12,19H2,1-4H3,(H,20,23);1H. The smallest absolute Gasteiger partial charge is 0.231 e. The van der Waals surface area contributed by atoms with E-state index in [1.165, 1.54) is 0 Å². The molecule has 5 nitrogen and oxygen atoms in total. The van der Waals surface area contributed by atoms with E-state index in [0.29, 0.717) is 6.54 Å². The monoisotopic (exact) mass is 350 g/mol. The van der Waals surface area contributed by atoms with Gasteiger partial charge in [0.1, 0.15) is 0 Å². The van der Waals surface area contributed by atoms with Gasteiger partial charge in [-0.2, -0.15) is 5.10 Å². The van der Waals surface area contributed by atoms with Gasteiger partial charge in [0, 0.05) is 17.9 Å². The van der Waals surface area contributed by atoms with Crippen molar-refractivity contribution in [2.24, 2.45) is 11.1 Å². The van der Waals surface area contributed by atoms with Crippen LogP contribution in [0.3, 0.4) is 0 Å². The summed E-state index contributed by atoms with van der Waals surface area (Å²) in [5.74, 6) is -0.0180. The summed E-state index contributed by atoms with van der Waals surface area (Å²) in [5.41, 5.74) is 9.07. The zero-order valence-electron chi connectivity index (χ0n) is 14.8. The minimum atomic E-state index is -0.506. The first kappa shape index (κ1) is 20.2. The molecule has 2 rings (SSSR count). The van der Waals surface area contributed by atoms with Crippen LogP contribution in [0, 0.1) is 19.3 Å². The molecule has 0 aliphatic carbocycles. The molecule has 0 aliphatic rings. The molecule has 0 fully saturated rings. The number of hydrogen-bond donors (Lipinski definition) is 2. The molecule has 0 aliphatic heterocycles. The van der Waals surface area contributed by atoms with Gasteiger partial charge in [0.2, 0.25) is 5.91 Å². The number of rotatable bonds is 6. The topological polar surface area (TPSA) is 72.9 Å². The van der Waals surface area contributed by atoms with Crippen LogP contribution >= 0.6 is 12.4 Å². The summed E-state index contributed by atoms with van der Waals surface area (Å²) in [4.78, 5) is 12.6. The number of hydrogen-bond acceptors (Lipinski definition) is 3. The van der Waals surface area contributed by atoms with E-state index in [2.05, 4.69) is 10.4 Å². The molecule has 2 aromatic rings. The molecule has 0 atom stereocenters. The zero-order valence-corrected chi connectivity index (χ0v) is 15.6. The number of aromatic nitrogens is 2. The van der Waals surface area contributed by atoms with Gasteiger partial charge in [0.05, 0.1) is 16.8 Å². The van der Waals surface area contributed by atoms with Crippen LogP contribution in [0.15, 0.2) is 30.3 Å². The number of benzene rings is 1. The molecule has 0 bridgehead atoms. The summed E-state index contributed by atoms with van der Waals surface area (Å²) < 4.78 is 1.88. The fraction of sp³-hybridized carbons (Fsp3) is 0.444. The molecule has 3 N–H and O–H groups in total. The van der Waals surface area contributed by atoms with Gasteiger partial charge in [-0.25, -0.2) is 4.68 Å². The molecule has 1 amide bonds. The number of nitrogens with two attached hydrogens (primary N) is 1. The molecule has 0 spiro atoms. The predicted molar refractivity (Wildman–Crippen MR) is 101 cm³/mol. The predicted octanol–water partition coefficient (Wildman–Crippen LogP) is 3.61. The van der Waals surface area contributed by atoms with Gasteiger partial charge in [-0.15, -0.1) is 12.4 Å². The Labute approximate surface area is 150 Å². The van der Waals surface area contributed by atoms with Crippen molar-refractivity contribution in [1.29, 1.82) is 0 Å². The van der Waals surface area contributed by atoms with Crippen molar-refractivity contribution in [2.45, 2.75) is 40.5 Å². The van der Waals surface area contributed by atoms with Crippen LogP contribution < -0.4 is 11.1 Å². The lowest BCUT2D eigenvalue weighted by Gasteiger charge is -2.28. The molecule has 1 aromatic heterocycles. The molecule has 1 heterocycles. The number of carbonyl (C=O) groups is 1. The quantitative estimate of drug-likeness (QED) is 0.835. The van der Waals surface area contributed by atoms with Crippen molar-refractivity contribution < 1.29 is 4.79 Å². The maximum Gasteiger partial charge on any atom is 0.231 e. The minimum Gasteiger partial charge on any atom is -0.329 e. The van der Waals surface area contributed by atoms with E-state index < -0.39 is 5.41 Å². The van der Waals surface area contributed by atoms with Gasteiger partial charge in [0.25, 0.3) is 0 Å². The second-order valence-electron chi connectivity index (χ2n) is 6.03. The van der Waals surface area contributed by atoms with Gasteiger partial charge in [0.15, 0.2) is 0 Å². The highest BCUT2D eigenvalue weighted by atomic mass is 35.5. The van der Waals surface area contributed by atoms with E-state index in [4.69, 9.17) is 5.73 Å². The zero-order chi connectivity index (χ0) is 17.0. The highest BCUT2D eigenvalue weighted by Gasteiger charge is 2.33. The Morgan fingerprint density at radius 3 is 2.42 bits per heavy atom. The number of halogens is 1. The number of nitrogens with zero attached hydrogens (tertiary/aromatic N) is 2. The van der Waals surface area contributed by atoms with Gasteiger partial charge in [-0.05, 0) is 51.0 Å². The van der Waals surface area contributed by atoms with Gasteiger partial charge >= 0.3 is 0 Å². The largest absolute Gasteiger partial charge is 0.329 e. The van der Waals surface area contributed by atoms with Crippen LogP contribution in [0.2, 0.25) is 0 Å². The van der Waals surface area contributed by atoms with E-state index in [-0.39, 0.29) is 18.3 Å². The van der Waals surface area contributed by atoms with Crippen LogP contribution in [-0.4, -0.2) is 22.2 Å². The lowest BCUT2D eigenvalue weighted by Crippen LogP contribution is -2.41. The summed E-state index contributed by atoms with van der Waals surface area (Å²) in [6.07, 6.45) is 1.45. The molecule has 6 heteroatoms. The Balaban J connectivity index is 0.00000288. The maximum atomic E-state index is 12.6. The van der Waals surface area contributed by atoms with Crippen LogP contribution in [0.5, 0.6) is 0 Å². The third-order valence-electron chi connectivity index (χ3n) is 4.58. The fourth-order valence-electron chi connectivity index (χ4n) is 2.82. The van der Waals surface area contributed by atoms with Crippen molar-refractivity contribution >= 4 is 24.0 Å². The van der Waals surface area contributed by atoms with Crippen molar-refractivity contribution in [2.75, 3.05) is 11.9 Å². The van der Waals surface area contributed by atoms with Crippen molar-refractivity contribution in [3.8, 4) is 5.69 Å². The Kier molecular flexibility index (Phi) is 6.99. The molecule has 0 saturated carbocycles. The Hall–Kier alpha value is -1.85. The summed E-state index contributed by atoms with van der Waals surface area (Å²) in [5, 5.41) is 7.49. The molecule has 132 valence electrons. The first-order valence-electron chi connectivity index (χ1n) is 8.11. The van der Waals surface area contributed by atoms with Crippen LogP contribution in [0.25, 0.3) is 5.69 Å². The third kappa shape index (κ3) is 3.97. The van der Waals surface area contributed by atoms with E-state index >= 15 is 0 Å². The van der Waals surface area contributed by atoms with Crippen LogP contribution in [-0.2, 0) is 4.79 Å². The van der Waals surface area contributed by atoms with Gasteiger partial charge in [-0.3, -0.25) is 4.79 Å². The molecule has 0 radical (unpaired) electrons. The van der Waals surface area contributed by atoms with Crippen molar-refractivity contribution in [3.63, 3.8) is 0 Å². The summed E-state index contributed by atoms with van der Waals surface area (Å²) in [6, 6.07) is 9.75.